The molecule has 0 amide bonds. The molecule has 0 aliphatic carbocycles. The monoisotopic (exact) mass is 155 g/mol. The third-order valence-electron chi connectivity index (χ3n) is 1.00. The van der Waals surface area contributed by atoms with Gasteiger partial charge in [0.15, 0.2) is 5.16 Å². The van der Waals surface area contributed by atoms with Crippen LogP contribution in [0.2, 0.25) is 0 Å². The van der Waals surface area contributed by atoms with Crippen molar-refractivity contribution >= 4 is 11.8 Å². The van der Waals surface area contributed by atoms with Crippen molar-refractivity contribution in [1.82, 2.24) is 14.8 Å². The number of nitrogens with zero attached hydrogens (tertiary/aromatic N) is 3. The lowest BCUT2D eigenvalue weighted by Gasteiger charge is -1.93. The predicted molar refractivity (Wildman–Crippen MR) is 41.9 cm³/mol. The van der Waals surface area contributed by atoms with Gasteiger partial charge in [-0.05, 0) is 0 Å². The van der Waals surface area contributed by atoms with E-state index in [0.717, 1.165) is 10.9 Å². The summed E-state index contributed by atoms with van der Waals surface area (Å²) in [5.41, 5.74) is 0. The van der Waals surface area contributed by atoms with Crippen LogP contribution in [0, 0.1) is 0 Å². The van der Waals surface area contributed by atoms with Gasteiger partial charge in [-0.1, -0.05) is 17.8 Å². The van der Waals surface area contributed by atoms with Crippen molar-refractivity contribution in [2.24, 2.45) is 7.05 Å². The zero-order valence-corrected chi connectivity index (χ0v) is 6.64. The molecule has 0 unspecified atom stereocenters. The van der Waals surface area contributed by atoms with Gasteiger partial charge in [-0.3, -0.25) is 0 Å². The Morgan fingerprint density at radius 2 is 2.70 bits per heavy atom. The van der Waals surface area contributed by atoms with Crippen LogP contribution in [-0.4, -0.2) is 20.5 Å². The molecule has 0 aromatic carbocycles. The van der Waals surface area contributed by atoms with Gasteiger partial charge in [0, 0.05) is 12.8 Å². The fourth-order valence-corrected chi connectivity index (χ4v) is 1.16. The quantitative estimate of drug-likeness (QED) is 0.483. The molecule has 0 atom stereocenters. The highest BCUT2D eigenvalue weighted by Gasteiger charge is 1.96. The van der Waals surface area contributed by atoms with Crippen molar-refractivity contribution in [2.45, 2.75) is 5.16 Å². The van der Waals surface area contributed by atoms with E-state index in [1.54, 1.807) is 18.1 Å². The highest BCUT2D eigenvalue weighted by Crippen LogP contribution is 2.12. The van der Waals surface area contributed by atoms with E-state index in [2.05, 4.69) is 16.8 Å². The lowest BCUT2D eigenvalue weighted by atomic mass is 10.8. The van der Waals surface area contributed by atoms with E-state index in [0.29, 0.717) is 0 Å². The van der Waals surface area contributed by atoms with Crippen molar-refractivity contribution in [1.29, 1.82) is 0 Å². The molecule has 0 radical (unpaired) electrons. The molecule has 0 spiro atoms. The Bertz CT molecular complexity index is 219. The zero-order chi connectivity index (χ0) is 7.40. The Kier molecular flexibility index (Phi) is 2.50. The summed E-state index contributed by atoms with van der Waals surface area (Å²) in [6.45, 7) is 3.61. The highest BCUT2D eigenvalue weighted by molar-refractivity contribution is 7.99. The minimum Gasteiger partial charge on any atom is -0.312 e. The maximum atomic E-state index is 3.88. The number of rotatable bonds is 3. The van der Waals surface area contributed by atoms with Gasteiger partial charge >= 0.3 is 0 Å². The molecule has 1 heterocycles. The minimum atomic E-state index is 0.881. The summed E-state index contributed by atoms with van der Waals surface area (Å²) >= 11 is 1.62. The largest absolute Gasteiger partial charge is 0.312 e. The molecule has 54 valence electrons. The molecule has 0 aliphatic rings. The Morgan fingerprint density at radius 1 is 1.90 bits per heavy atom. The summed E-state index contributed by atoms with van der Waals surface area (Å²) in [6.07, 6.45) is 3.53. The summed E-state index contributed by atoms with van der Waals surface area (Å²) in [6, 6.07) is 0. The van der Waals surface area contributed by atoms with E-state index >= 15 is 0 Å². The first-order valence-corrected chi connectivity index (χ1v) is 3.91. The zero-order valence-electron chi connectivity index (χ0n) is 5.82. The number of aryl methyl sites for hydroxylation is 1. The Hall–Kier alpha value is -0.770. The minimum absolute atomic E-state index is 0.881. The molecule has 3 nitrogen and oxygen atoms in total. The molecule has 10 heavy (non-hydrogen) atoms. The third kappa shape index (κ3) is 1.60. The summed E-state index contributed by atoms with van der Waals surface area (Å²) < 4.78 is 1.88. The van der Waals surface area contributed by atoms with Gasteiger partial charge in [0.2, 0.25) is 0 Å². The number of aromatic nitrogens is 3. The molecule has 0 saturated carbocycles. The second-order valence-electron chi connectivity index (χ2n) is 1.82. The van der Waals surface area contributed by atoms with Gasteiger partial charge in [-0.25, -0.2) is 0 Å². The second kappa shape index (κ2) is 3.41. The molecule has 0 N–H and O–H groups in total. The van der Waals surface area contributed by atoms with Crippen molar-refractivity contribution in [3.8, 4) is 0 Å². The Morgan fingerprint density at radius 3 is 3.20 bits per heavy atom. The van der Waals surface area contributed by atoms with Gasteiger partial charge in [0.05, 0.1) is 0 Å². The fraction of sp³-hybridized carbons (Fsp3) is 0.333. The summed E-state index contributed by atoms with van der Waals surface area (Å²) in [7, 11) is 1.92. The normalized spacial score (nSPS) is 9.70. The summed E-state index contributed by atoms with van der Waals surface area (Å²) in [4.78, 5) is 0. The van der Waals surface area contributed by atoms with E-state index in [1.807, 2.05) is 17.7 Å². The SMILES string of the molecule is C=CCSc1nncn1C. The molecule has 0 bridgehead atoms. The number of hydrogen-bond donors (Lipinski definition) is 0. The first kappa shape index (κ1) is 7.34. The van der Waals surface area contributed by atoms with Gasteiger partial charge in [-0.2, -0.15) is 0 Å². The number of hydrogen-bond acceptors (Lipinski definition) is 3. The van der Waals surface area contributed by atoms with Crippen LogP contribution in [0.1, 0.15) is 0 Å². The predicted octanol–water partition coefficient (Wildman–Crippen LogP) is 1.09. The molecular weight excluding hydrogens is 146 g/mol. The van der Waals surface area contributed by atoms with Crippen LogP contribution in [0.4, 0.5) is 0 Å². The van der Waals surface area contributed by atoms with Crippen LogP contribution < -0.4 is 0 Å². The van der Waals surface area contributed by atoms with Crippen LogP contribution in [0.15, 0.2) is 24.1 Å². The van der Waals surface area contributed by atoms with E-state index in [4.69, 9.17) is 0 Å². The molecule has 1 aromatic rings. The maximum absolute atomic E-state index is 3.88. The van der Waals surface area contributed by atoms with Crippen LogP contribution in [-0.2, 0) is 7.05 Å². The lowest BCUT2D eigenvalue weighted by molar-refractivity contribution is 0.789. The average Bonchev–Trinajstić information content (AvgIpc) is 2.31. The molecule has 1 aromatic heterocycles. The molecule has 0 saturated heterocycles. The molecule has 4 heteroatoms. The van der Waals surface area contributed by atoms with Crippen LogP contribution in [0.5, 0.6) is 0 Å². The summed E-state index contributed by atoms with van der Waals surface area (Å²) in [5, 5.41) is 8.54. The first-order valence-electron chi connectivity index (χ1n) is 2.92. The number of thioether (sulfide) groups is 1. The molecule has 0 aliphatic heterocycles. The smallest absolute Gasteiger partial charge is 0.191 e. The molecular formula is C6H9N3S. The first-order chi connectivity index (χ1) is 4.84. The van der Waals surface area contributed by atoms with Crippen molar-refractivity contribution < 1.29 is 0 Å². The van der Waals surface area contributed by atoms with Gasteiger partial charge in [-0.15, -0.1) is 16.8 Å². The van der Waals surface area contributed by atoms with E-state index in [1.165, 1.54) is 0 Å². The van der Waals surface area contributed by atoms with Gasteiger partial charge in [0.1, 0.15) is 6.33 Å². The standard InChI is InChI=1S/C6H9N3S/c1-3-4-10-6-8-7-5-9(6)2/h3,5H,1,4H2,2H3. The summed E-state index contributed by atoms with van der Waals surface area (Å²) in [5.74, 6) is 0.881. The van der Waals surface area contributed by atoms with E-state index in [-0.39, 0.29) is 0 Å². The highest BCUT2D eigenvalue weighted by atomic mass is 32.2. The van der Waals surface area contributed by atoms with Crippen LogP contribution in [0.3, 0.4) is 0 Å². The molecule has 0 fully saturated rings. The topological polar surface area (TPSA) is 30.7 Å². The van der Waals surface area contributed by atoms with E-state index < -0.39 is 0 Å². The Balaban J connectivity index is 2.56. The molecule has 1 rings (SSSR count). The third-order valence-corrected chi connectivity index (χ3v) is 2.03. The van der Waals surface area contributed by atoms with Crippen molar-refractivity contribution in [3.63, 3.8) is 0 Å². The van der Waals surface area contributed by atoms with Crippen LogP contribution >= 0.6 is 11.8 Å². The van der Waals surface area contributed by atoms with E-state index in [9.17, 15) is 0 Å². The van der Waals surface area contributed by atoms with Crippen LogP contribution in [0.25, 0.3) is 0 Å². The van der Waals surface area contributed by atoms with Gasteiger partial charge in [0.25, 0.3) is 0 Å². The van der Waals surface area contributed by atoms with Crippen molar-refractivity contribution in [2.75, 3.05) is 5.75 Å². The Labute approximate surface area is 64.2 Å². The fourth-order valence-electron chi connectivity index (χ4n) is 0.537. The second-order valence-corrected chi connectivity index (χ2v) is 2.81. The lowest BCUT2D eigenvalue weighted by Crippen LogP contribution is -1.88. The van der Waals surface area contributed by atoms with Gasteiger partial charge < -0.3 is 4.57 Å². The average molecular weight is 155 g/mol. The maximum Gasteiger partial charge on any atom is 0.191 e. The van der Waals surface area contributed by atoms with Crippen molar-refractivity contribution in [3.05, 3.63) is 19.0 Å².